The van der Waals surface area contributed by atoms with E-state index in [1.54, 1.807) is 19.1 Å². The largest absolute Gasteiger partial charge is 0.548 e. The number of fused-ring (bicyclic) bond motifs is 1. The molecule has 4 rings (SSSR count). The molecule has 2 amide bonds. The number of benzene rings is 2. The van der Waals surface area contributed by atoms with Crippen LogP contribution < -0.4 is 26.8 Å². The number of aryl methyl sites for hydroxylation is 2. The van der Waals surface area contributed by atoms with Gasteiger partial charge in [-0.05, 0) is 82.0 Å². The van der Waals surface area contributed by atoms with Crippen molar-refractivity contribution in [3.8, 4) is 0 Å². The number of anilines is 1. The number of nitrogens with one attached hydrogen (secondary N) is 1. The minimum Gasteiger partial charge on any atom is -0.548 e. The summed E-state index contributed by atoms with van der Waals surface area (Å²) in [6, 6.07) is 15.7. The van der Waals surface area contributed by atoms with Crippen LogP contribution >= 0.6 is 0 Å². The van der Waals surface area contributed by atoms with Crippen LogP contribution in [0.4, 0.5) is 5.69 Å². The molecule has 0 spiro atoms. The number of ether oxygens (including phenoxy) is 1. The summed E-state index contributed by atoms with van der Waals surface area (Å²) in [5.41, 5.74) is 10.3. The van der Waals surface area contributed by atoms with Crippen LogP contribution in [0.15, 0.2) is 54.6 Å². The molecule has 2 aromatic carbocycles. The fourth-order valence-electron chi connectivity index (χ4n) is 6.54. The second kappa shape index (κ2) is 18.9. The molecule has 2 aromatic rings. The molecule has 12 nitrogen and oxygen atoms in total. The third kappa shape index (κ3) is 10.9. The van der Waals surface area contributed by atoms with Crippen LogP contribution in [0, 0.1) is 11.3 Å². The van der Waals surface area contributed by atoms with Crippen LogP contribution in [0.1, 0.15) is 75.8 Å². The van der Waals surface area contributed by atoms with Crippen molar-refractivity contribution in [3.05, 3.63) is 65.7 Å². The third-order valence-electron chi connectivity index (χ3n) is 9.17. The zero-order valence-electron chi connectivity index (χ0n) is 27.9. The number of amides is 2. The molecular formula is C36H50N4O8. The molecule has 3 atom stereocenters. The van der Waals surface area contributed by atoms with Crippen molar-refractivity contribution >= 4 is 35.4 Å². The molecule has 1 fully saturated rings. The van der Waals surface area contributed by atoms with E-state index in [1.807, 2.05) is 42.5 Å². The zero-order chi connectivity index (χ0) is 35.1. The maximum atomic E-state index is 13.9. The molecule has 1 heterocycles. The Bertz CT molecular complexity index is 1380. The Hall–Kier alpha value is -4.29. The van der Waals surface area contributed by atoms with E-state index in [0.29, 0.717) is 63.6 Å². The normalized spacial score (nSPS) is 17.9. The van der Waals surface area contributed by atoms with Crippen molar-refractivity contribution in [2.24, 2.45) is 17.1 Å². The van der Waals surface area contributed by atoms with E-state index in [2.05, 4.69) is 11.1 Å². The van der Waals surface area contributed by atoms with E-state index in [0.717, 1.165) is 30.4 Å². The summed E-state index contributed by atoms with van der Waals surface area (Å²) < 4.78 is 5.40. The number of hydrogen-bond acceptors (Lipinski definition) is 8. The molecule has 48 heavy (non-hydrogen) atoms. The predicted octanol–water partition coefficient (Wildman–Crippen LogP) is 1.38. The van der Waals surface area contributed by atoms with E-state index in [9.17, 15) is 29.1 Å². The van der Waals surface area contributed by atoms with E-state index < -0.39 is 47.8 Å². The summed E-state index contributed by atoms with van der Waals surface area (Å²) in [4.78, 5) is 63.2. The Morgan fingerprint density at radius 3 is 2.38 bits per heavy atom. The minimum atomic E-state index is -1.37. The third-order valence-corrected chi connectivity index (χ3v) is 9.17. The second-order valence-corrected chi connectivity index (χ2v) is 12.6. The van der Waals surface area contributed by atoms with Gasteiger partial charge >= 0.3 is 11.9 Å². The van der Waals surface area contributed by atoms with Crippen LogP contribution in [0.2, 0.25) is 0 Å². The first kappa shape index (κ1) is 38.2. The molecule has 0 unspecified atom stereocenters. The average Bonchev–Trinajstić information content (AvgIpc) is 3.52. The molecular weight excluding hydrogens is 616 g/mol. The number of carboxylic acids is 2. The van der Waals surface area contributed by atoms with Gasteiger partial charge in [0.25, 0.3) is 0 Å². The number of quaternary nitrogens is 1. The summed E-state index contributed by atoms with van der Waals surface area (Å²) in [6.45, 7) is 2.00. The van der Waals surface area contributed by atoms with Crippen molar-refractivity contribution in [1.82, 2.24) is 5.32 Å². The molecule has 7 N–H and O–H groups in total. The first-order valence-corrected chi connectivity index (χ1v) is 16.9. The quantitative estimate of drug-likeness (QED) is 0.202. The zero-order valence-corrected chi connectivity index (χ0v) is 27.9. The van der Waals surface area contributed by atoms with Gasteiger partial charge in [-0.15, -0.1) is 0 Å². The lowest BCUT2D eigenvalue weighted by atomic mass is 9.75. The van der Waals surface area contributed by atoms with Crippen molar-refractivity contribution < 1.29 is 44.7 Å². The van der Waals surface area contributed by atoms with E-state index in [4.69, 9.17) is 15.6 Å². The van der Waals surface area contributed by atoms with Crippen LogP contribution in [-0.4, -0.2) is 66.6 Å². The first-order valence-electron chi connectivity index (χ1n) is 16.9. The van der Waals surface area contributed by atoms with E-state index in [-0.39, 0.29) is 18.5 Å². The highest BCUT2D eigenvalue weighted by Gasteiger charge is 2.46. The molecule has 2 aliphatic rings. The van der Waals surface area contributed by atoms with Gasteiger partial charge < -0.3 is 41.4 Å². The van der Waals surface area contributed by atoms with Gasteiger partial charge in [-0.1, -0.05) is 61.4 Å². The summed E-state index contributed by atoms with van der Waals surface area (Å²) in [7, 11) is 0. The molecule has 1 saturated carbocycles. The lowest BCUT2D eigenvalue weighted by Gasteiger charge is -2.33. The number of rotatable bonds is 15. The maximum Gasteiger partial charge on any atom is 0.362 e. The fourth-order valence-corrected chi connectivity index (χ4v) is 6.54. The number of carboxylic acid groups (broad SMARTS) is 2. The van der Waals surface area contributed by atoms with Gasteiger partial charge in [-0.3, -0.25) is 14.4 Å². The molecule has 1 aliphatic heterocycles. The van der Waals surface area contributed by atoms with Crippen molar-refractivity contribution in [2.45, 2.75) is 89.6 Å². The number of para-hydroxylation sites is 1. The molecule has 0 radical (unpaired) electrons. The predicted molar refractivity (Wildman–Crippen MR) is 177 cm³/mol. The van der Waals surface area contributed by atoms with Crippen LogP contribution in [0.5, 0.6) is 0 Å². The van der Waals surface area contributed by atoms with E-state index in [1.165, 1.54) is 4.90 Å². The lowest BCUT2D eigenvalue weighted by molar-refractivity contribution is -0.409. The van der Waals surface area contributed by atoms with Crippen LogP contribution in [0.3, 0.4) is 0 Å². The number of aliphatic carboxylic acids is 2. The number of carbonyl (C=O) groups excluding carboxylic acids is 4. The van der Waals surface area contributed by atoms with Gasteiger partial charge in [0.1, 0.15) is 6.04 Å². The van der Waals surface area contributed by atoms with Gasteiger partial charge in [-0.2, -0.15) is 0 Å². The number of carbonyl (C=O) groups is 5. The summed E-state index contributed by atoms with van der Waals surface area (Å²) >= 11 is 0. The summed E-state index contributed by atoms with van der Waals surface area (Å²) in [5, 5.41) is 22.8. The Labute approximate surface area is 282 Å². The Kier molecular flexibility index (Phi) is 15.0. The lowest BCUT2D eigenvalue weighted by Crippen LogP contribution is -2.64. The van der Waals surface area contributed by atoms with Gasteiger partial charge in [-0.25, -0.2) is 4.79 Å². The van der Waals surface area contributed by atoms with Crippen molar-refractivity contribution in [1.29, 1.82) is 0 Å². The molecule has 0 bridgehead atoms. The monoisotopic (exact) mass is 666 g/mol. The average molecular weight is 667 g/mol. The highest BCUT2D eigenvalue weighted by Crippen LogP contribution is 2.45. The van der Waals surface area contributed by atoms with Crippen molar-refractivity contribution in [2.75, 3.05) is 24.6 Å². The van der Waals surface area contributed by atoms with Crippen LogP contribution in [0.25, 0.3) is 0 Å². The SMILES string of the molecule is CCOC(=O)[C@H](CCc1ccccc1)CC1(C(=O)N[C@H]2CCc3ccccc3N(CC(=O)[O-])C2=O)CCCC1.NCCC[C@H]([NH3+])C(=O)O. The number of nitrogens with zero attached hydrogens (tertiary/aromatic N) is 1. The molecule has 12 heteroatoms. The highest BCUT2D eigenvalue weighted by atomic mass is 16.5. The number of hydrogen-bond donors (Lipinski definition) is 4. The first-order chi connectivity index (χ1) is 23.0. The van der Waals surface area contributed by atoms with Crippen molar-refractivity contribution in [3.63, 3.8) is 0 Å². The Balaban J connectivity index is 0.000000609. The molecule has 262 valence electrons. The van der Waals surface area contributed by atoms with Gasteiger partial charge in [0.2, 0.25) is 11.8 Å². The topological polar surface area (TPSA) is 207 Å². The van der Waals surface area contributed by atoms with E-state index >= 15 is 0 Å². The molecule has 0 saturated heterocycles. The summed E-state index contributed by atoms with van der Waals surface area (Å²) in [5.74, 6) is -3.66. The van der Waals surface area contributed by atoms with Crippen LogP contribution in [-0.2, 0) is 41.6 Å². The molecule has 1 aliphatic carbocycles. The standard InChI is InChI=1S/C31H38N2O6.C5H12N2O2/c1-2-39-29(37)24(15-14-22-10-4-3-5-11-22)20-31(18-8-9-19-31)30(38)32-25-17-16-23-12-6-7-13-26(23)33(28(25)36)21-27(34)35;6-3-1-2-4(7)5(8)9/h3-7,10-13,24-25H,2,8-9,14-21H2,1H3,(H,32,38)(H,34,35);4H,1-3,6-7H2,(H,8,9)/t24-,25+;4-/m10/s1. The smallest absolute Gasteiger partial charge is 0.362 e. The Morgan fingerprint density at radius 2 is 1.75 bits per heavy atom. The number of nitrogens with two attached hydrogens (primary N) is 1. The number of esters is 1. The Morgan fingerprint density at radius 1 is 1.08 bits per heavy atom. The maximum absolute atomic E-state index is 13.9. The van der Waals surface area contributed by atoms with Gasteiger partial charge in [0.15, 0.2) is 6.04 Å². The van der Waals surface area contributed by atoms with Gasteiger partial charge in [0, 0.05) is 12.1 Å². The molecule has 0 aromatic heterocycles. The highest BCUT2D eigenvalue weighted by molar-refractivity contribution is 6.03. The minimum absolute atomic E-state index is 0.244. The van der Waals surface area contributed by atoms with Gasteiger partial charge in [0.05, 0.1) is 30.5 Å². The second-order valence-electron chi connectivity index (χ2n) is 12.6. The summed E-state index contributed by atoms with van der Waals surface area (Å²) in [6.07, 6.45) is 6.79. The fraction of sp³-hybridized carbons (Fsp3) is 0.528.